The summed E-state index contributed by atoms with van der Waals surface area (Å²) >= 11 is 0. The molecule has 1 atom stereocenters. The SMILES string of the molecule is CNC[C@H]1Cc2c(F)cccc2Oc2ccccc21. The number of halogens is 1. The van der Waals surface area contributed by atoms with E-state index in [0.29, 0.717) is 17.7 Å². The minimum absolute atomic E-state index is 0.189. The van der Waals surface area contributed by atoms with Gasteiger partial charge in [-0.1, -0.05) is 24.3 Å². The van der Waals surface area contributed by atoms with E-state index in [1.54, 1.807) is 6.07 Å². The van der Waals surface area contributed by atoms with E-state index in [1.807, 2.05) is 31.3 Å². The molecule has 0 aliphatic carbocycles. The summed E-state index contributed by atoms with van der Waals surface area (Å²) in [6, 6.07) is 13.0. The highest BCUT2D eigenvalue weighted by molar-refractivity contribution is 5.47. The lowest BCUT2D eigenvalue weighted by Crippen LogP contribution is -2.19. The summed E-state index contributed by atoms with van der Waals surface area (Å²) in [6.45, 7) is 0.800. The van der Waals surface area contributed by atoms with Gasteiger partial charge in [0.1, 0.15) is 17.3 Å². The molecule has 19 heavy (non-hydrogen) atoms. The maximum atomic E-state index is 14.0. The molecule has 1 heterocycles. The van der Waals surface area contributed by atoms with Gasteiger partial charge >= 0.3 is 0 Å². The highest BCUT2D eigenvalue weighted by Gasteiger charge is 2.24. The Bertz CT molecular complexity index is 597. The number of nitrogens with one attached hydrogen (secondary N) is 1. The summed E-state index contributed by atoms with van der Waals surface area (Å²) in [7, 11) is 1.91. The molecule has 0 saturated carbocycles. The van der Waals surface area contributed by atoms with Crippen LogP contribution >= 0.6 is 0 Å². The van der Waals surface area contributed by atoms with E-state index in [0.717, 1.165) is 17.9 Å². The molecule has 0 unspecified atom stereocenters. The van der Waals surface area contributed by atoms with Gasteiger partial charge in [-0.3, -0.25) is 0 Å². The Labute approximate surface area is 112 Å². The van der Waals surface area contributed by atoms with Gasteiger partial charge in [-0.2, -0.15) is 0 Å². The van der Waals surface area contributed by atoms with Crippen LogP contribution in [0.3, 0.4) is 0 Å². The Kier molecular flexibility index (Phi) is 3.22. The van der Waals surface area contributed by atoms with Gasteiger partial charge in [0.25, 0.3) is 0 Å². The number of hydrogen-bond donors (Lipinski definition) is 1. The monoisotopic (exact) mass is 257 g/mol. The maximum Gasteiger partial charge on any atom is 0.133 e. The van der Waals surface area contributed by atoms with Crippen molar-refractivity contribution in [3.63, 3.8) is 0 Å². The van der Waals surface area contributed by atoms with Crippen LogP contribution in [0, 0.1) is 5.82 Å². The molecule has 1 aliphatic heterocycles. The average Bonchev–Trinajstić information content (AvgIpc) is 2.57. The van der Waals surface area contributed by atoms with E-state index >= 15 is 0 Å². The highest BCUT2D eigenvalue weighted by Crippen LogP contribution is 2.39. The standard InChI is InChI=1S/C16H16FNO/c1-18-10-11-9-13-14(17)6-4-8-16(13)19-15-7-3-2-5-12(11)15/h2-8,11,18H,9-10H2,1H3/t11-/m1/s1. The fourth-order valence-electron chi connectivity index (χ4n) is 2.65. The van der Waals surface area contributed by atoms with E-state index in [1.165, 1.54) is 6.07 Å². The third kappa shape index (κ3) is 2.22. The smallest absolute Gasteiger partial charge is 0.133 e. The lowest BCUT2D eigenvalue weighted by Gasteiger charge is -2.16. The number of rotatable bonds is 2. The summed E-state index contributed by atoms with van der Waals surface area (Å²) in [4.78, 5) is 0. The molecular weight excluding hydrogens is 241 g/mol. The molecule has 2 nitrogen and oxygen atoms in total. The summed E-state index contributed by atoms with van der Waals surface area (Å²) in [5, 5.41) is 3.18. The molecule has 2 aromatic carbocycles. The van der Waals surface area contributed by atoms with Crippen LogP contribution in [0.5, 0.6) is 11.5 Å². The van der Waals surface area contributed by atoms with Crippen molar-refractivity contribution in [1.82, 2.24) is 5.32 Å². The molecule has 1 aliphatic rings. The van der Waals surface area contributed by atoms with E-state index < -0.39 is 0 Å². The topological polar surface area (TPSA) is 21.3 Å². The third-order valence-electron chi connectivity index (χ3n) is 3.56. The van der Waals surface area contributed by atoms with Gasteiger partial charge in [0.05, 0.1) is 0 Å². The molecule has 3 rings (SSSR count). The van der Waals surface area contributed by atoms with Gasteiger partial charge in [0.15, 0.2) is 0 Å². The third-order valence-corrected chi connectivity index (χ3v) is 3.56. The van der Waals surface area contributed by atoms with Gasteiger partial charge in [-0.05, 0) is 37.2 Å². The molecule has 98 valence electrons. The second kappa shape index (κ2) is 5.02. The fraction of sp³-hybridized carbons (Fsp3) is 0.250. The van der Waals surface area contributed by atoms with E-state index in [2.05, 4.69) is 11.4 Å². The highest BCUT2D eigenvalue weighted by atomic mass is 19.1. The van der Waals surface area contributed by atoms with Crippen molar-refractivity contribution in [3.8, 4) is 11.5 Å². The minimum Gasteiger partial charge on any atom is -0.457 e. The first-order valence-corrected chi connectivity index (χ1v) is 6.48. The predicted octanol–water partition coefficient (Wildman–Crippen LogP) is 3.48. The summed E-state index contributed by atoms with van der Waals surface area (Å²) in [5.41, 5.74) is 1.80. The number of ether oxygens (including phenoxy) is 1. The van der Waals surface area contributed by atoms with Crippen LogP contribution in [0.15, 0.2) is 42.5 Å². The number of fused-ring (bicyclic) bond motifs is 2. The quantitative estimate of drug-likeness (QED) is 0.889. The molecule has 0 fully saturated rings. The molecule has 1 N–H and O–H groups in total. The molecule has 0 radical (unpaired) electrons. The summed E-state index contributed by atoms with van der Waals surface area (Å²) in [6.07, 6.45) is 0.653. The number of hydrogen-bond acceptors (Lipinski definition) is 2. The van der Waals surface area contributed by atoms with E-state index in [9.17, 15) is 4.39 Å². The van der Waals surface area contributed by atoms with Crippen molar-refractivity contribution in [2.75, 3.05) is 13.6 Å². The van der Waals surface area contributed by atoms with Crippen molar-refractivity contribution in [2.45, 2.75) is 12.3 Å². The first-order valence-electron chi connectivity index (χ1n) is 6.48. The molecule has 0 spiro atoms. The first kappa shape index (κ1) is 12.2. The van der Waals surface area contributed by atoms with Crippen molar-refractivity contribution in [3.05, 3.63) is 59.4 Å². The average molecular weight is 257 g/mol. The van der Waals surface area contributed by atoms with Crippen LogP contribution in [0.4, 0.5) is 4.39 Å². The molecule has 2 aromatic rings. The largest absolute Gasteiger partial charge is 0.457 e. The Morgan fingerprint density at radius 3 is 2.79 bits per heavy atom. The van der Waals surface area contributed by atoms with Gasteiger partial charge in [-0.15, -0.1) is 0 Å². The predicted molar refractivity (Wildman–Crippen MR) is 73.3 cm³/mol. The molecule has 0 saturated heterocycles. The van der Waals surface area contributed by atoms with Crippen molar-refractivity contribution >= 4 is 0 Å². The molecule has 3 heteroatoms. The zero-order valence-corrected chi connectivity index (χ0v) is 10.8. The summed E-state index contributed by atoms with van der Waals surface area (Å²) < 4.78 is 19.9. The first-order chi connectivity index (χ1) is 9.29. The van der Waals surface area contributed by atoms with Gasteiger partial charge in [-0.25, -0.2) is 4.39 Å². The normalized spacial score (nSPS) is 17.1. The van der Waals surface area contributed by atoms with Crippen molar-refractivity contribution in [2.24, 2.45) is 0 Å². The van der Waals surface area contributed by atoms with Crippen LogP contribution in [0.1, 0.15) is 17.0 Å². The van der Waals surface area contributed by atoms with Gasteiger partial charge in [0.2, 0.25) is 0 Å². The van der Waals surface area contributed by atoms with Crippen LogP contribution in [0.25, 0.3) is 0 Å². The zero-order valence-electron chi connectivity index (χ0n) is 10.8. The Morgan fingerprint density at radius 1 is 1.16 bits per heavy atom. The summed E-state index contributed by atoms with van der Waals surface area (Å²) in [5.74, 6) is 1.49. The molecule has 0 bridgehead atoms. The Morgan fingerprint density at radius 2 is 1.95 bits per heavy atom. The van der Waals surface area contributed by atoms with Crippen LogP contribution in [0.2, 0.25) is 0 Å². The second-order valence-electron chi connectivity index (χ2n) is 4.82. The van der Waals surface area contributed by atoms with Crippen LogP contribution < -0.4 is 10.1 Å². The lowest BCUT2D eigenvalue weighted by atomic mass is 9.91. The Hall–Kier alpha value is -1.87. The van der Waals surface area contributed by atoms with Crippen molar-refractivity contribution < 1.29 is 9.13 Å². The number of likely N-dealkylation sites (N-methyl/N-ethyl adjacent to an activating group) is 1. The van der Waals surface area contributed by atoms with Crippen molar-refractivity contribution in [1.29, 1.82) is 0 Å². The minimum atomic E-state index is -0.189. The Balaban J connectivity index is 2.12. The fourth-order valence-corrected chi connectivity index (χ4v) is 2.65. The molecular formula is C16H16FNO. The van der Waals surface area contributed by atoms with Crippen LogP contribution in [-0.2, 0) is 6.42 Å². The zero-order chi connectivity index (χ0) is 13.2. The second-order valence-corrected chi connectivity index (χ2v) is 4.82. The lowest BCUT2D eigenvalue weighted by molar-refractivity contribution is 0.472. The molecule has 0 aromatic heterocycles. The molecule has 0 amide bonds. The maximum absolute atomic E-state index is 14.0. The van der Waals surface area contributed by atoms with Gasteiger partial charge < -0.3 is 10.1 Å². The number of benzene rings is 2. The van der Waals surface area contributed by atoms with Crippen LogP contribution in [-0.4, -0.2) is 13.6 Å². The number of para-hydroxylation sites is 1. The van der Waals surface area contributed by atoms with Gasteiger partial charge in [0, 0.05) is 18.0 Å². The van der Waals surface area contributed by atoms with E-state index in [-0.39, 0.29) is 11.7 Å². The van der Waals surface area contributed by atoms with E-state index in [4.69, 9.17) is 4.74 Å².